The second-order valence-electron chi connectivity index (χ2n) is 6.88. The standard InChI is InChI=1S/C20H24N2O2S/c1-22(2)18(23)14-15-7-9-16(10-8-15)21-19(24)20(11-3-4-12-20)17-6-5-13-25-17/h5-10,13H,3-4,11-12,14H2,1-2H3,(H,21,24). The molecule has 1 aliphatic rings. The lowest BCUT2D eigenvalue weighted by Gasteiger charge is -2.26. The Morgan fingerprint density at radius 1 is 1.12 bits per heavy atom. The van der Waals surface area contributed by atoms with E-state index in [0.29, 0.717) is 6.42 Å². The summed E-state index contributed by atoms with van der Waals surface area (Å²) in [6, 6.07) is 11.7. The van der Waals surface area contributed by atoms with E-state index in [1.807, 2.05) is 35.7 Å². The average molecular weight is 356 g/mol. The molecule has 5 heteroatoms. The fourth-order valence-corrected chi connectivity index (χ4v) is 4.39. The van der Waals surface area contributed by atoms with Crippen LogP contribution in [0.15, 0.2) is 41.8 Å². The molecule has 0 radical (unpaired) electrons. The maximum Gasteiger partial charge on any atom is 0.235 e. The number of benzene rings is 1. The van der Waals surface area contributed by atoms with Crippen molar-refractivity contribution in [3.05, 3.63) is 52.2 Å². The van der Waals surface area contributed by atoms with Crippen LogP contribution in [0.4, 0.5) is 5.69 Å². The van der Waals surface area contributed by atoms with E-state index in [1.165, 1.54) is 0 Å². The third kappa shape index (κ3) is 3.76. The van der Waals surface area contributed by atoms with Gasteiger partial charge in [0.25, 0.3) is 0 Å². The number of amides is 2. The molecule has 1 aromatic heterocycles. The summed E-state index contributed by atoms with van der Waals surface area (Å²) in [4.78, 5) is 27.5. The Morgan fingerprint density at radius 2 is 1.80 bits per heavy atom. The largest absolute Gasteiger partial charge is 0.349 e. The first-order valence-electron chi connectivity index (χ1n) is 8.66. The number of carbonyl (C=O) groups is 2. The molecule has 4 nitrogen and oxygen atoms in total. The average Bonchev–Trinajstić information content (AvgIpc) is 3.28. The second kappa shape index (κ2) is 7.40. The van der Waals surface area contributed by atoms with Crippen LogP contribution in [-0.2, 0) is 21.4 Å². The first-order chi connectivity index (χ1) is 12.0. The number of nitrogens with zero attached hydrogens (tertiary/aromatic N) is 1. The molecule has 1 aromatic carbocycles. The van der Waals surface area contributed by atoms with Gasteiger partial charge in [-0.2, -0.15) is 0 Å². The zero-order valence-electron chi connectivity index (χ0n) is 14.7. The molecule has 0 bridgehead atoms. The van der Waals surface area contributed by atoms with Crippen LogP contribution in [0.2, 0.25) is 0 Å². The van der Waals surface area contributed by atoms with E-state index in [-0.39, 0.29) is 17.2 Å². The highest BCUT2D eigenvalue weighted by molar-refractivity contribution is 7.10. The van der Waals surface area contributed by atoms with E-state index in [2.05, 4.69) is 11.4 Å². The highest BCUT2D eigenvalue weighted by Gasteiger charge is 2.43. The van der Waals surface area contributed by atoms with Crippen molar-refractivity contribution in [2.75, 3.05) is 19.4 Å². The highest BCUT2D eigenvalue weighted by Crippen LogP contribution is 2.43. The van der Waals surface area contributed by atoms with E-state index < -0.39 is 0 Å². The van der Waals surface area contributed by atoms with Crippen molar-refractivity contribution in [1.29, 1.82) is 0 Å². The summed E-state index contributed by atoms with van der Waals surface area (Å²) in [6.07, 6.45) is 4.39. The van der Waals surface area contributed by atoms with Crippen LogP contribution in [-0.4, -0.2) is 30.8 Å². The van der Waals surface area contributed by atoms with Gasteiger partial charge < -0.3 is 10.2 Å². The minimum Gasteiger partial charge on any atom is -0.349 e. The number of nitrogens with one attached hydrogen (secondary N) is 1. The Hall–Kier alpha value is -2.14. The summed E-state index contributed by atoms with van der Waals surface area (Å²) in [5.74, 6) is 0.156. The fraction of sp³-hybridized carbons (Fsp3) is 0.400. The minimum atomic E-state index is -0.381. The normalized spacial score (nSPS) is 15.8. The van der Waals surface area contributed by atoms with Crippen LogP contribution in [0.5, 0.6) is 0 Å². The molecule has 1 fully saturated rings. The van der Waals surface area contributed by atoms with Crippen molar-refractivity contribution in [2.24, 2.45) is 0 Å². The van der Waals surface area contributed by atoms with Crippen molar-refractivity contribution in [3.63, 3.8) is 0 Å². The third-order valence-corrected chi connectivity index (χ3v) is 6.02. The van der Waals surface area contributed by atoms with Crippen molar-refractivity contribution >= 4 is 28.8 Å². The van der Waals surface area contributed by atoms with Gasteiger partial charge in [0.05, 0.1) is 11.8 Å². The van der Waals surface area contributed by atoms with E-state index in [9.17, 15) is 9.59 Å². The van der Waals surface area contributed by atoms with Crippen LogP contribution in [0, 0.1) is 0 Å². The number of rotatable bonds is 5. The van der Waals surface area contributed by atoms with Gasteiger partial charge in [-0.3, -0.25) is 9.59 Å². The van der Waals surface area contributed by atoms with Gasteiger partial charge in [-0.25, -0.2) is 0 Å². The number of carbonyl (C=O) groups excluding carboxylic acids is 2. The molecule has 0 unspecified atom stereocenters. The predicted molar refractivity (Wildman–Crippen MR) is 102 cm³/mol. The third-order valence-electron chi connectivity index (χ3n) is 4.95. The predicted octanol–water partition coefficient (Wildman–Crippen LogP) is 3.83. The lowest BCUT2D eigenvalue weighted by Crippen LogP contribution is -2.37. The molecule has 1 N–H and O–H groups in total. The molecule has 2 amide bonds. The van der Waals surface area contributed by atoms with Gasteiger partial charge in [-0.1, -0.05) is 31.0 Å². The number of hydrogen-bond acceptors (Lipinski definition) is 3. The summed E-state index contributed by atoms with van der Waals surface area (Å²) >= 11 is 1.67. The fourth-order valence-electron chi connectivity index (χ4n) is 3.40. The van der Waals surface area contributed by atoms with Gasteiger partial charge in [0, 0.05) is 24.7 Å². The van der Waals surface area contributed by atoms with Crippen molar-refractivity contribution in [2.45, 2.75) is 37.5 Å². The zero-order chi connectivity index (χ0) is 17.9. The van der Waals surface area contributed by atoms with Crippen molar-refractivity contribution < 1.29 is 9.59 Å². The van der Waals surface area contributed by atoms with E-state index in [4.69, 9.17) is 0 Å². The Kier molecular flexibility index (Phi) is 5.23. The molecule has 2 aromatic rings. The zero-order valence-corrected chi connectivity index (χ0v) is 15.6. The molecule has 1 saturated carbocycles. The molecule has 1 aliphatic carbocycles. The molecular weight excluding hydrogens is 332 g/mol. The van der Waals surface area contributed by atoms with Gasteiger partial charge in [-0.05, 0) is 42.0 Å². The molecule has 0 saturated heterocycles. The number of hydrogen-bond donors (Lipinski definition) is 1. The Bertz CT molecular complexity index is 730. The Balaban J connectivity index is 1.71. The molecule has 0 atom stereocenters. The van der Waals surface area contributed by atoms with E-state index in [0.717, 1.165) is 41.8 Å². The van der Waals surface area contributed by atoms with Crippen molar-refractivity contribution in [3.8, 4) is 0 Å². The number of anilines is 1. The molecule has 0 aliphatic heterocycles. The Morgan fingerprint density at radius 3 is 2.36 bits per heavy atom. The molecule has 0 spiro atoms. The Labute approximate surface area is 152 Å². The van der Waals surface area contributed by atoms with E-state index in [1.54, 1.807) is 30.3 Å². The van der Waals surface area contributed by atoms with Gasteiger partial charge in [-0.15, -0.1) is 11.3 Å². The van der Waals surface area contributed by atoms with Gasteiger partial charge in [0.2, 0.25) is 11.8 Å². The smallest absolute Gasteiger partial charge is 0.235 e. The van der Waals surface area contributed by atoms with E-state index >= 15 is 0 Å². The minimum absolute atomic E-state index is 0.0689. The van der Waals surface area contributed by atoms with Crippen LogP contribution >= 0.6 is 11.3 Å². The molecule has 1 heterocycles. The van der Waals surface area contributed by atoms with Gasteiger partial charge in [0.1, 0.15) is 0 Å². The quantitative estimate of drug-likeness (QED) is 0.885. The topological polar surface area (TPSA) is 49.4 Å². The summed E-state index contributed by atoms with van der Waals surface area (Å²) in [7, 11) is 3.51. The van der Waals surface area contributed by atoms with Crippen LogP contribution in [0.3, 0.4) is 0 Å². The SMILES string of the molecule is CN(C)C(=O)Cc1ccc(NC(=O)C2(c3cccs3)CCCC2)cc1. The molecule has 25 heavy (non-hydrogen) atoms. The maximum atomic E-state index is 13.0. The summed E-state index contributed by atoms with van der Waals surface area (Å²) in [6.45, 7) is 0. The lowest BCUT2D eigenvalue weighted by molar-refractivity contribution is -0.128. The summed E-state index contributed by atoms with van der Waals surface area (Å²) < 4.78 is 0. The van der Waals surface area contributed by atoms with Gasteiger partial charge in [0.15, 0.2) is 0 Å². The van der Waals surface area contributed by atoms with Crippen LogP contribution < -0.4 is 5.32 Å². The number of thiophene rings is 1. The molecular formula is C20H24N2O2S. The lowest BCUT2D eigenvalue weighted by atomic mass is 9.83. The van der Waals surface area contributed by atoms with Crippen molar-refractivity contribution in [1.82, 2.24) is 4.90 Å². The highest BCUT2D eigenvalue weighted by atomic mass is 32.1. The first kappa shape index (κ1) is 17.7. The summed E-state index contributed by atoms with van der Waals surface area (Å²) in [5.41, 5.74) is 1.35. The summed E-state index contributed by atoms with van der Waals surface area (Å²) in [5, 5.41) is 5.13. The molecule has 132 valence electrons. The molecule has 3 rings (SSSR count). The monoisotopic (exact) mass is 356 g/mol. The van der Waals surface area contributed by atoms with Crippen LogP contribution in [0.1, 0.15) is 36.1 Å². The maximum absolute atomic E-state index is 13.0. The second-order valence-corrected chi connectivity index (χ2v) is 7.83. The first-order valence-corrected chi connectivity index (χ1v) is 9.54. The van der Waals surface area contributed by atoms with Gasteiger partial charge >= 0.3 is 0 Å². The number of likely N-dealkylation sites (N-methyl/N-ethyl adjacent to an activating group) is 1. The van der Waals surface area contributed by atoms with Crippen LogP contribution in [0.25, 0.3) is 0 Å².